The van der Waals surface area contributed by atoms with Gasteiger partial charge < -0.3 is 15.4 Å². The fourth-order valence-corrected chi connectivity index (χ4v) is 5.49. The lowest BCUT2D eigenvalue weighted by molar-refractivity contribution is -0.119. The minimum Gasteiger partial charge on any atom is -0.452 e. The molecule has 1 aliphatic carbocycles. The van der Waals surface area contributed by atoms with Gasteiger partial charge in [-0.1, -0.05) is 12.5 Å². The molecule has 2 amide bonds. The van der Waals surface area contributed by atoms with E-state index in [0.717, 1.165) is 42.5 Å². The molecule has 0 fully saturated rings. The van der Waals surface area contributed by atoms with E-state index in [9.17, 15) is 19.6 Å². The number of carbonyl (C=O) groups excluding carboxylic acids is 3. The summed E-state index contributed by atoms with van der Waals surface area (Å²) in [7, 11) is 0. The van der Waals surface area contributed by atoms with Crippen LogP contribution in [0.2, 0.25) is 0 Å². The van der Waals surface area contributed by atoms with Crippen LogP contribution in [-0.4, -0.2) is 24.4 Å². The molecule has 0 aliphatic heterocycles. The number of rotatable bonds is 6. The van der Waals surface area contributed by atoms with Crippen LogP contribution in [0.5, 0.6) is 0 Å². The van der Waals surface area contributed by atoms with Crippen molar-refractivity contribution in [1.82, 2.24) is 0 Å². The summed E-state index contributed by atoms with van der Waals surface area (Å²) in [6.45, 7) is -0.455. The fraction of sp³-hybridized carbons (Fsp3) is 0.250. The molecule has 0 spiro atoms. The third kappa shape index (κ3) is 5.48. The molecule has 2 heterocycles. The van der Waals surface area contributed by atoms with E-state index in [0.29, 0.717) is 21.1 Å². The molecule has 0 saturated heterocycles. The Balaban J connectivity index is 1.31. The van der Waals surface area contributed by atoms with Crippen molar-refractivity contribution in [3.63, 3.8) is 0 Å². The second-order valence-electron chi connectivity index (χ2n) is 7.51. The lowest BCUT2D eigenvalue weighted by Gasteiger charge is -2.07. The van der Waals surface area contributed by atoms with Crippen LogP contribution in [0.1, 0.15) is 55.3 Å². The number of amides is 2. The molecule has 2 N–H and O–H groups in total. The number of carbonyl (C=O) groups is 3. The third-order valence-corrected chi connectivity index (χ3v) is 7.32. The van der Waals surface area contributed by atoms with Crippen LogP contribution < -0.4 is 10.6 Å². The van der Waals surface area contributed by atoms with Crippen molar-refractivity contribution in [1.29, 1.82) is 5.26 Å². The van der Waals surface area contributed by atoms with Crippen LogP contribution in [0.3, 0.4) is 0 Å². The maximum atomic E-state index is 12.3. The molecule has 4 rings (SSSR count). The predicted octanol–water partition coefficient (Wildman–Crippen LogP) is 5.00. The maximum absolute atomic E-state index is 12.3. The number of esters is 1. The average molecular weight is 480 g/mol. The predicted molar refractivity (Wildman–Crippen MR) is 128 cm³/mol. The van der Waals surface area contributed by atoms with Crippen molar-refractivity contribution in [2.75, 3.05) is 17.2 Å². The highest BCUT2D eigenvalue weighted by Gasteiger charge is 2.21. The molecule has 1 aromatic carbocycles. The number of benzene rings is 1. The summed E-state index contributed by atoms with van der Waals surface area (Å²) in [6.07, 6.45) is 5.04. The first-order valence-electron chi connectivity index (χ1n) is 10.5. The summed E-state index contributed by atoms with van der Waals surface area (Å²) in [4.78, 5) is 38.5. The van der Waals surface area contributed by atoms with Crippen LogP contribution in [0, 0.1) is 11.3 Å². The Kier molecular flexibility index (Phi) is 7.17. The SMILES string of the molecule is N#Cc1c(NC(=O)COC(=O)c2ccc(NC(=O)c3cccs3)cc2)sc2c1CCCCC2. The van der Waals surface area contributed by atoms with Gasteiger partial charge in [-0.05, 0) is 67.0 Å². The maximum Gasteiger partial charge on any atom is 0.338 e. The quantitative estimate of drug-likeness (QED) is 0.382. The first kappa shape index (κ1) is 22.7. The van der Waals surface area contributed by atoms with Crippen LogP contribution in [-0.2, 0) is 22.4 Å². The molecule has 7 nitrogen and oxygen atoms in total. The topological polar surface area (TPSA) is 108 Å². The monoisotopic (exact) mass is 479 g/mol. The largest absolute Gasteiger partial charge is 0.452 e. The smallest absolute Gasteiger partial charge is 0.338 e. The molecule has 3 aromatic rings. The Bertz CT molecular complexity index is 1210. The van der Waals surface area contributed by atoms with Gasteiger partial charge in [-0.25, -0.2) is 4.79 Å². The zero-order valence-electron chi connectivity index (χ0n) is 17.7. The number of thiophene rings is 2. The van der Waals surface area contributed by atoms with E-state index in [-0.39, 0.29) is 11.5 Å². The van der Waals surface area contributed by atoms with Crippen molar-refractivity contribution in [2.45, 2.75) is 32.1 Å². The summed E-state index contributed by atoms with van der Waals surface area (Å²) in [6, 6.07) is 12.0. The van der Waals surface area contributed by atoms with E-state index < -0.39 is 18.5 Å². The van der Waals surface area contributed by atoms with Crippen molar-refractivity contribution in [3.05, 3.63) is 68.2 Å². The van der Waals surface area contributed by atoms with Crippen molar-refractivity contribution >= 4 is 51.1 Å². The number of hydrogen-bond donors (Lipinski definition) is 2. The lowest BCUT2D eigenvalue weighted by atomic mass is 10.1. The number of hydrogen-bond acceptors (Lipinski definition) is 7. The zero-order valence-corrected chi connectivity index (χ0v) is 19.3. The summed E-state index contributed by atoms with van der Waals surface area (Å²) in [5.41, 5.74) is 2.37. The highest BCUT2D eigenvalue weighted by molar-refractivity contribution is 7.16. The van der Waals surface area contributed by atoms with E-state index in [4.69, 9.17) is 4.74 Å². The van der Waals surface area contributed by atoms with Crippen LogP contribution >= 0.6 is 22.7 Å². The summed E-state index contributed by atoms with van der Waals surface area (Å²) in [5, 5.41) is 17.4. The molecular weight excluding hydrogens is 458 g/mol. The molecule has 0 atom stereocenters. The molecule has 1 aliphatic rings. The van der Waals surface area contributed by atoms with Gasteiger partial charge in [-0.2, -0.15) is 5.26 Å². The summed E-state index contributed by atoms with van der Waals surface area (Å²) < 4.78 is 5.12. The number of ether oxygens (including phenoxy) is 1. The second kappa shape index (κ2) is 10.4. The molecular formula is C24H21N3O4S2. The molecule has 2 aromatic heterocycles. The molecule has 33 heavy (non-hydrogen) atoms. The number of nitriles is 1. The standard InChI is InChI=1S/C24H21N3O4S2/c25-13-18-17-5-2-1-3-6-19(17)33-23(18)27-21(28)14-31-24(30)15-8-10-16(11-9-15)26-22(29)20-7-4-12-32-20/h4,7-12H,1-3,5-6,14H2,(H,26,29)(H,27,28). The number of anilines is 2. The van der Waals surface area contributed by atoms with Crippen molar-refractivity contribution in [2.24, 2.45) is 0 Å². The van der Waals surface area contributed by atoms with Crippen LogP contribution in [0.4, 0.5) is 10.7 Å². The number of aryl methyl sites for hydroxylation is 1. The Morgan fingerprint density at radius 3 is 2.55 bits per heavy atom. The van der Waals surface area contributed by atoms with Gasteiger partial charge in [0.2, 0.25) is 0 Å². The van der Waals surface area contributed by atoms with Crippen LogP contribution in [0.15, 0.2) is 41.8 Å². The molecule has 168 valence electrons. The molecule has 9 heteroatoms. The highest BCUT2D eigenvalue weighted by Crippen LogP contribution is 2.36. The van der Waals surface area contributed by atoms with Gasteiger partial charge in [-0.3, -0.25) is 9.59 Å². The van der Waals surface area contributed by atoms with Gasteiger partial charge in [0.15, 0.2) is 6.61 Å². The molecule has 0 bridgehead atoms. The molecule has 0 unspecified atom stereocenters. The van der Waals surface area contributed by atoms with Gasteiger partial charge in [0, 0.05) is 10.6 Å². The highest BCUT2D eigenvalue weighted by atomic mass is 32.1. The number of nitrogens with one attached hydrogen (secondary N) is 2. The van der Waals surface area contributed by atoms with Gasteiger partial charge in [0.1, 0.15) is 11.1 Å². The lowest BCUT2D eigenvalue weighted by Crippen LogP contribution is -2.21. The second-order valence-corrected chi connectivity index (χ2v) is 9.57. The van der Waals surface area contributed by atoms with Gasteiger partial charge in [-0.15, -0.1) is 22.7 Å². The van der Waals surface area contributed by atoms with E-state index in [1.165, 1.54) is 34.8 Å². The van der Waals surface area contributed by atoms with E-state index in [2.05, 4.69) is 16.7 Å². The Hall–Kier alpha value is -3.48. The number of fused-ring (bicyclic) bond motifs is 1. The van der Waals surface area contributed by atoms with E-state index in [1.807, 2.05) is 5.38 Å². The first-order valence-corrected chi connectivity index (χ1v) is 12.2. The van der Waals surface area contributed by atoms with Gasteiger partial charge in [0.05, 0.1) is 16.0 Å². The van der Waals surface area contributed by atoms with Crippen LogP contribution in [0.25, 0.3) is 0 Å². The summed E-state index contributed by atoms with van der Waals surface area (Å²) in [5.74, 6) is -1.36. The third-order valence-electron chi connectivity index (χ3n) is 5.24. The minimum absolute atomic E-state index is 0.223. The Morgan fingerprint density at radius 1 is 1.03 bits per heavy atom. The Labute approximate surface area is 199 Å². The van der Waals surface area contributed by atoms with Crippen molar-refractivity contribution in [3.8, 4) is 6.07 Å². The normalized spacial score (nSPS) is 12.7. The zero-order chi connectivity index (χ0) is 23.2. The molecule has 0 saturated carbocycles. The minimum atomic E-state index is -0.649. The summed E-state index contributed by atoms with van der Waals surface area (Å²) >= 11 is 2.77. The van der Waals surface area contributed by atoms with Crippen molar-refractivity contribution < 1.29 is 19.1 Å². The van der Waals surface area contributed by atoms with Gasteiger partial charge >= 0.3 is 5.97 Å². The molecule has 0 radical (unpaired) electrons. The van der Waals surface area contributed by atoms with E-state index >= 15 is 0 Å². The average Bonchev–Trinajstić information content (AvgIpc) is 3.41. The fourth-order valence-electron chi connectivity index (χ4n) is 3.62. The van der Waals surface area contributed by atoms with Gasteiger partial charge in [0.25, 0.3) is 11.8 Å². The van der Waals surface area contributed by atoms with E-state index in [1.54, 1.807) is 24.3 Å². The number of nitrogens with zero attached hydrogens (tertiary/aromatic N) is 1. The Morgan fingerprint density at radius 2 is 1.82 bits per heavy atom. The first-order chi connectivity index (χ1) is 16.0.